The number of likely N-dealkylation sites (N-methyl/N-ethyl adjacent to an activating group) is 1. The summed E-state index contributed by atoms with van der Waals surface area (Å²) in [5.41, 5.74) is 1.19. The van der Waals surface area contributed by atoms with Gasteiger partial charge in [-0.2, -0.15) is 0 Å². The summed E-state index contributed by atoms with van der Waals surface area (Å²) in [4.78, 5) is 7.70. The second kappa shape index (κ2) is 5.27. The Morgan fingerprint density at radius 1 is 1.35 bits per heavy atom. The second-order valence-electron chi connectivity index (χ2n) is 3.85. The molecule has 0 bridgehead atoms. The molecule has 0 unspecified atom stereocenters. The quantitative estimate of drug-likeness (QED) is 0.804. The summed E-state index contributed by atoms with van der Waals surface area (Å²) in [5.74, 6) is 0.888. The van der Waals surface area contributed by atoms with Crippen LogP contribution in [0.25, 0.3) is 6.08 Å². The molecule has 0 aromatic heterocycles. The van der Waals surface area contributed by atoms with Gasteiger partial charge in [-0.3, -0.25) is 4.99 Å². The van der Waals surface area contributed by atoms with Gasteiger partial charge in [0, 0.05) is 19.0 Å². The van der Waals surface area contributed by atoms with E-state index in [4.69, 9.17) is 4.74 Å². The molecule has 0 spiro atoms. The van der Waals surface area contributed by atoms with E-state index in [1.807, 2.05) is 19.2 Å². The number of nitrogens with zero attached hydrogens (tertiary/aromatic N) is 2. The predicted octanol–water partition coefficient (Wildman–Crippen LogP) is 2.70. The molecule has 1 saturated heterocycles. The molecule has 3 nitrogen and oxygen atoms in total. The van der Waals surface area contributed by atoms with Crippen LogP contribution < -0.4 is 4.74 Å². The third kappa shape index (κ3) is 2.82. The Hall–Kier alpha value is -1.42. The van der Waals surface area contributed by atoms with E-state index in [9.17, 15) is 0 Å². The molecule has 0 aliphatic carbocycles. The summed E-state index contributed by atoms with van der Waals surface area (Å²) in [5, 5.41) is 1.07. The molecule has 4 heteroatoms. The summed E-state index contributed by atoms with van der Waals surface area (Å²) < 4.78 is 5.14. The molecule has 1 aromatic carbocycles. The third-order valence-corrected chi connectivity index (χ3v) is 3.76. The van der Waals surface area contributed by atoms with Crippen molar-refractivity contribution in [1.82, 2.24) is 4.90 Å². The van der Waals surface area contributed by atoms with E-state index in [-0.39, 0.29) is 0 Å². The van der Waals surface area contributed by atoms with Crippen LogP contribution in [-0.4, -0.2) is 37.8 Å². The van der Waals surface area contributed by atoms with Crippen molar-refractivity contribution in [3.05, 3.63) is 34.7 Å². The van der Waals surface area contributed by atoms with Gasteiger partial charge in [-0.1, -0.05) is 23.9 Å². The van der Waals surface area contributed by atoms with Crippen LogP contribution in [0.15, 0.2) is 34.2 Å². The molecule has 17 heavy (non-hydrogen) atoms. The fraction of sp³-hybridized carbons (Fsp3) is 0.308. The lowest BCUT2D eigenvalue weighted by Crippen LogP contribution is -2.17. The van der Waals surface area contributed by atoms with Gasteiger partial charge in [0.25, 0.3) is 0 Å². The lowest BCUT2D eigenvalue weighted by atomic mass is 10.2. The fourth-order valence-corrected chi connectivity index (χ4v) is 2.71. The summed E-state index contributed by atoms with van der Waals surface area (Å²) in [7, 11) is 5.57. The van der Waals surface area contributed by atoms with Gasteiger partial charge in [0.1, 0.15) is 5.75 Å². The summed E-state index contributed by atoms with van der Waals surface area (Å²) in [6, 6.07) is 8.08. The Bertz CT molecular complexity index is 451. The Labute approximate surface area is 106 Å². The first-order valence-corrected chi connectivity index (χ1v) is 6.25. The molecule has 0 amide bonds. The Morgan fingerprint density at radius 3 is 2.59 bits per heavy atom. The topological polar surface area (TPSA) is 24.8 Å². The van der Waals surface area contributed by atoms with Gasteiger partial charge in [0.05, 0.1) is 13.7 Å². The highest BCUT2D eigenvalue weighted by molar-refractivity contribution is 8.17. The molecule has 0 radical (unpaired) electrons. The van der Waals surface area contributed by atoms with Gasteiger partial charge in [-0.25, -0.2) is 0 Å². The molecule has 90 valence electrons. The van der Waals surface area contributed by atoms with Gasteiger partial charge in [0.15, 0.2) is 5.17 Å². The molecule has 1 aromatic rings. The van der Waals surface area contributed by atoms with Crippen molar-refractivity contribution >= 4 is 23.0 Å². The summed E-state index contributed by atoms with van der Waals surface area (Å²) in [6.45, 7) is 0.934. The Morgan fingerprint density at radius 2 is 2.06 bits per heavy atom. The highest BCUT2D eigenvalue weighted by atomic mass is 32.2. The number of hydrogen-bond acceptors (Lipinski definition) is 3. The van der Waals surface area contributed by atoms with Crippen LogP contribution in [0.2, 0.25) is 0 Å². The van der Waals surface area contributed by atoms with E-state index < -0.39 is 0 Å². The first kappa shape index (κ1) is 12.0. The zero-order chi connectivity index (χ0) is 12.3. The first-order valence-electron chi connectivity index (χ1n) is 5.43. The maximum absolute atomic E-state index is 5.14. The van der Waals surface area contributed by atoms with Crippen molar-refractivity contribution in [3.63, 3.8) is 0 Å². The zero-order valence-corrected chi connectivity index (χ0v) is 11.1. The summed E-state index contributed by atoms with van der Waals surface area (Å²) in [6.07, 6.45) is 2.19. The van der Waals surface area contributed by atoms with Crippen LogP contribution in [0.4, 0.5) is 0 Å². The van der Waals surface area contributed by atoms with E-state index in [2.05, 4.69) is 35.1 Å². The third-order valence-electron chi connectivity index (χ3n) is 2.58. The van der Waals surface area contributed by atoms with E-state index >= 15 is 0 Å². The highest BCUT2D eigenvalue weighted by Crippen LogP contribution is 2.29. The van der Waals surface area contributed by atoms with Crippen LogP contribution >= 0.6 is 11.8 Å². The van der Waals surface area contributed by atoms with E-state index in [0.29, 0.717) is 0 Å². The SMILES string of the molecule is CN=C1S/C(=C\c2ccc(OC)cc2)CN1C. The zero-order valence-electron chi connectivity index (χ0n) is 10.3. The Kier molecular flexibility index (Phi) is 3.74. The van der Waals surface area contributed by atoms with Gasteiger partial charge >= 0.3 is 0 Å². The number of benzene rings is 1. The standard InChI is InChI=1S/C13H16N2OS/c1-14-13-15(2)9-12(17-13)8-10-4-6-11(16-3)7-5-10/h4-8H,9H2,1-3H3/b12-8-,14-13?. The van der Waals surface area contributed by atoms with Crippen molar-refractivity contribution < 1.29 is 4.74 Å². The molecule has 0 saturated carbocycles. The fourth-order valence-electron chi connectivity index (χ4n) is 1.71. The van der Waals surface area contributed by atoms with Crippen molar-refractivity contribution in [2.45, 2.75) is 0 Å². The number of rotatable bonds is 2. The average molecular weight is 248 g/mol. The largest absolute Gasteiger partial charge is 0.497 e. The van der Waals surface area contributed by atoms with Crippen LogP contribution in [-0.2, 0) is 0 Å². The smallest absolute Gasteiger partial charge is 0.163 e. The minimum atomic E-state index is 0.888. The number of aliphatic imine (C=N–C) groups is 1. The highest BCUT2D eigenvalue weighted by Gasteiger charge is 2.19. The van der Waals surface area contributed by atoms with Crippen LogP contribution in [0.1, 0.15) is 5.56 Å². The number of amidine groups is 1. The normalized spacial score (nSPS) is 20.3. The number of hydrogen-bond donors (Lipinski definition) is 0. The van der Waals surface area contributed by atoms with Crippen molar-refractivity contribution in [1.29, 1.82) is 0 Å². The van der Waals surface area contributed by atoms with Crippen LogP contribution in [0, 0.1) is 0 Å². The molecule has 2 rings (SSSR count). The van der Waals surface area contributed by atoms with Gasteiger partial charge < -0.3 is 9.64 Å². The van der Waals surface area contributed by atoms with Crippen LogP contribution in [0.3, 0.4) is 0 Å². The van der Waals surface area contributed by atoms with Crippen molar-refractivity contribution in [2.24, 2.45) is 4.99 Å². The van der Waals surface area contributed by atoms with Crippen molar-refractivity contribution in [3.8, 4) is 5.75 Å². The predicted molar refractivity (Wildman–Crippen MR) is 74.6 cm³/mol. The second-order valence-corrected chi connectivity index (χ2v) is 4.94. The van der Waals surface area contributed by atoms with Crippen LogP contribution in [0.5, 0.6) is 5.75 Å². The van der Waals surface area contributed by atoms with Crippen molar-refractivity contribution in [2.75, 3.05) is 27.7 Å². The Balaban J connectivity index is 2.14. The molecule has 0 atom stereocenters. The molecule has 0 N–H and O–H groups in total. The first-order chi connectivity index (χ1) is 8.22. The molecule has 1 fully saturated rings. The van der Waals surface area contributed by atoms with Gasteiger partial charge in [-0.15, -0.1) is 0 Å². The molecular formula is C13H16N2OS. The maximum atomic E-state index is 5.14. The average Bonchev–Trinajstić information content (AvgIpc) is 2.70. The number of thioether (sulfide) groups is 1. The summed E-state index contributed by atoms with van der Waals surface area (Å²) >= 11 is 1.73. The minimum Gasteiger partial charge on any atom is -0.497 e. The lowest BCUT2D eigenvalue weighted by Gasteiger charge is -2.07. The molecule has 1 heterocycles. The molecule has 1 aliphatic rings. The molecule has 1 aliphatic heterocycles. The van der Waals surface area contributed by atoms with E-state index in [1.165, 1.54) is 10.5 Å². The lowest BCUT2D eigenvalue weighted by molar-refractivity contribution is 0.415. The monoisotopic (exact) mass is 248 g/mol. The number of methoxy groups -OCH3 is 1. The van der Waals surface area contributed by atoms with Gasteiger partial charge in [-0.05, 0) is 23.8 Å². The van der Waals surface area contributed by atoms with Gasteiger partial charge in [0.2, 0.25) is 0 Å². The van der Waals surface area contributed by atoms with E-state index in [0.717, 1.165) is 17.5 Å². The number of ether oxygens (including phenoxy) is 1. The van der Waals surface area contributed by atoms with E-state index in [1.54, 1.807) is 18.9 Å². The minimum absolute atomic E-state index is 0.888. The molecular weight excluding hydrogens is 232 g/mol. The maximum Gasteiger partial charge on any atom is 0.163 e.